The Morgan fingerprint density at radius 1 is 0.812 bits per heavy atom. The first-order chi connectivity index (χ1) is 15.3. The van der Waals surface area contributed by atoms with Crippen molar-refractivity contribution in [3.05, 3.63) is 108 Å². The smallest absolute Gasteiger partial charge is 0.334 e. The summed E-state index contributed by atoms with van der Waals surface area (Å²) >= 11 is 0. The molecular weight excluding hydrogens is 394 g/mol. The van der Waals surface area contributed by atoms with Gasteiger partial charge in [-0.15, -0.1) is 0 Å². The molecule has 0 aromatic heterocycles. The summed E-state index contributed by atoms with van der Waals surface area (Å²) in [5.74, 6) is -0.0851. The monoisotopic (exact) mass is 427 g/mol. The average Bonchev–Trinajstić information content (AvgIpc) is 2.82. The van der Waals surface area contributed by atoms with Crippen molar-refractivity contribution >= 4 is 11.7 Å². The summed E-state index contributed by atoms with van der Waals surface area (Å²) in [5.41, 5.74) is 2.06. The summed E-state index contributed by atoms with van der Waals surface area (Å²) in [7, 11) is 1.46. The minimum absolute atomic E-state index is 0.230. The zero-order valence-corrected chi connectivity index (χ0v) is 19.7. The van der Waals surface area contributed by atoms with Crippen LogP contribution in [0, 0.1) is 5.92 Å². The van der Waals surface area contributed by atoms with Gasteiger partial charge in [0.25, 0.3) is 0 Å². The quantitative estimate of drug-likeness (QED) is 0.306. The molecule has 0 N–H and O–H groups in total. The number of hydrogen-bond acceptors (Lipinski definition) is 3. The summed E-state index contributed by atoms with van der Waals surface area (Å²) in [4.78, 5) is 19.0. The number of ether oxygens (including phenoxy) is 1. The number of rotatable bonds is 8. The Balaban J connectivity index is 2.36. The van der Waals surface area contributed by atoms with E-state index in [0.29, 0.717) is 6.42 Å². The molecule has 3 heteroatoms. The van der Waals surface area contributed by atoms with Gasteiger partial charge in [0.1, 0.15) is 0 Å². The fourth-order valence-corrected chi connectivity index (χ4v) is 4.36. The van der Waals surface area contributed by atoms with Crippen LogP contribution < -0.4 is 0 Å². The van der Waals surface area contributed by atoms with Gasteiger partial charge in [-0.3, -0.25) is 4.99 Å². The molecule has 0 aliphatic heterocycles. The number of nitrogens with zero attached hydrogens (tertiary/aromatic N) is 1. The Bertz CT molecular complexity index is 999. The van der Waals surface area contributed by atoms with E-state index in [4.69, 9.17) is 9.73 Å². The van der Waals surface area contributed by atoms with Gasteiger partial charge in [0.2, 0.25) is 0 Å². The molecule has 0 heterocycles. The third kappa shape index (κ3) is 4.67. The average molecular weight is 428 g/mol. The van der Waals surface area contributed by atoms with Crippen LogP contribution in [0.3, 0.4) is 0 Å². The summed E-state index contributed by atoms with van der Waals surface area (Å²) in [6.45, 7) is 8.44. The van der Waals surface area contributed by atoms with Crippen LogP contribution in [0.4, 0.5) is 0 Å². The Kier molecular flexibility index (Phi) is 7.29. The molecule has 3 rings (SSSR count). The Morgan fingerprint density at radius 2 is 1.25 bits per heavy atom. The predicted octanol–water partition coefficient (Wildman–Crippen LogP) is 6.46. The third-order valence-electron chi connectivity index (χ3n) is 6.15. The van der Waals surface area contributed by atoms with Crippen molar-refractivity contribution in [2.75, 3.05) is 7.11 Å². The van der Waals surface area contributed by atoms with Crippen molar-refractivity contribution in [2.24, 2.45) is 10.9 Å². The molecular formula is C29H33NO2. The van der Waals surface area contributed by atoms with E-state index in [0.717, 1.165) is 22.4 Å². The highest BCUT2D eigenvalue weighted by Crippen LogP contribution is 2.44. The summed E-state index contributed by atoms with van der Waals surface area (Å²) in [6.07, 6.45) is 0.560. The minimum Gasteiger partial charge on any atom is -0.467 e. The lowest BCUT2D eigenvalue weighted by Gasteiger charge is -2.43. The maximum Gasteiger partial charge on any atom is 0.334 e. The fourth-order valence-electron chi connectivity index (χ4n) is 4.36. The van der Waals surface area contributed by atoms with E-state index in [2.05, 4.69) is 39.8 Å². The number of carbonyl (C=O) groups is 1. The Morgan fingerprint density at radius 3 is 1.66 bits per heavy atom. The van der Waals surface area contributed by atoms with Crippen molar-refractivity contribution in [1.29, 1.82) is 0 Å². The molecule has 1 atom stereocenters. The first kappa shape index (κ1) is 23.5. The van der Waals surface area contributed by atoms with Gasteiger partial charge >= 0.3 is 5.97 Å². The lowest BCUT2D eigenvalue weighted by molar-refractivity contribution is -0.150. The van der Waals surface area contributed by atoms with Crippen LogP contribution in [0.2, 0.25) is 0 Å². The molecule has 1 unspecified atom stereocenters. The topological polar surface area (TPSA) is 38.7 Å². The Hall–Kier alpha value is -3.20. The Labute approximate surface area is 192 Å². The third-order valence-corrected chi connectivity index (χ3v) is 6.15. The van der Waals surface area contributed by atoms with E-state index in [-0.39, 0.29) is 11.9 Å². The summed E-state index contributed by atoms with van der Waals surface area (Å²) < 4.78 is 5.45. The standard InChI is InChI=1S/C29H33NO2/c1-22(2)21-29(27(31)32-5,28(3,4)25-19-13-8-14-20-25)30-26(23-15-9-6-10-16-23)24-17-11-7-12-18-24/h6-20,22H,21H2,1-5H3. The van der Waals surface area contributed by atoms with Crippen molar-refractivity contribution in [2.45, 2.75) is 45.1 Å². The van der Waals surface area contributed by atoms with Crippen molar-refractivity contribution < 1.29 is 9.53 Å². The predicted molar refractivity (Wildman–Crippen MR) is 132 cm³/mol. The van der Waals surface area contributed by atoms with Crippen LogP contribution >= 0.6 is 0 Å². The van der Waals surface area contributed by atoms with Crippen molar-refractivity contribution in [3.63, 3.8) is 0 Å². The molecule has 32 heavy (non-hydrogen) atoms. The molecule has 3 aromatic rings. The maximum atomic E-state index is 13.7. The zero-order chi connectivity index (χ0) is 23.2. The highest BCUT2D eigenvalue weighted by Gasteiger charge is 2.53. The SMILES string of the molecule is COC(=O)C(CC(C)C)(N=C(c1ccccc1)c1ccccc1)C(C)(C)c1ccccc1. The number of benzene rings is 3. The second kappa shape index (κ2) is 9.95. The lowest BCUT2D eigenvalue weighted by atomic mass is 9.64. The molecule has 0 bridgehead atoms. The van der Waals surface area contributed by atoms with E-state index in [1.165, 1.54) is 7.11 Å². The van der Waals surface area contributed by atoms with Gasteiger partial charge in [-0.2, -0.15) is 0 Å². The first-order valence-electron chi connectivity index (χ1n) is 11.2. The molecule has 0 aliphatic carbocycles. The van der Waals surface area contributed by atoms with Crippen LogP contribution in [0.25, 0.3) is 0 Å². The normalized spacial score (nSPS) is 13.3. The van der Waals surface area contributed by atoms with Crippen LogP contribution in [0.5, 0.6) is 0 Å². The number of methoxy groups -OCH3 is 1. The van der Waals surface area contributed by atoms with Gasteiger partial charge in [-0.25, -0.2) is 4.79 Å². The van der Waals surface area contributed by atoms with Gasteiger partial charge < -0.3 is 4.74 Å². The molecule has 0 saturated heterocycles. The van der Waals surface area contributed by atoms with Crippen LogP contribution in [-0.2, 0) is 14.9 Å². The van der Waals surface area contributed by atoms with Gasteiger partial charge in [0.05, 0.1) is 12.8 Å². The van der Waals surface area contributed by atoms with Gasteiger partial charge in [0.15, 0.2) is 5.54 Å². The van der Waals surface area contributed by atoms with E-state index < -0.39 is 11.0 Å². The molecule has 0 aliphatic rings. The highest BCUT2D eigenvalue weighted by molar-refractivity contribution is 6.14. The zero-order valence-electron chi connectivity index (χ0n) is 19.7. The van der Waals surface area contributed by atoms with E-state index in [9.17, 15) is 4.79 Å². The van der Waals surface area contributed by atoms with Crippen LogP contribution in [0.1, 0.15) is 50.8 Å². The highest BCUT2D eigenvalue weighted by atomic mass is 16.5. The molecule has 0 spiro atoms. The summed E-state index contributed by atoms with van der Waals surface area (Å²) in [6, 6.07) is 30.3. The lowest BCUT2D eigenvalue weighted by Crippen LogP contribution is -2.54. The number of esters is 1. The van der Waals surface area contributed by atoms with E-state index >= 15 is 0 Å². The first-order valence-corrected chi connectivity index (χ1v) is 11.2. The largest absolute Gasteiger partial charge is 0.467 e. The van der Waals surface area contributed by atoms with Crippen LogP contribution in [-0.4, -0.2) is 24.3 Å². The fraction of sp³-hybridized carbons (Fsp3) is 0.310. The van der Waals surface area contributed by atoms with E-state index in [1.54, 1.807) is 0 Å². The molecule has 3 nitrogen and oxygen atoms in total. The summed E-state index contributed by atoms with van der Waals surface area (Å²) in [5, 5.41) is 0. The molecule has 0 fully saturated rings. The number of aliphatic imine (C=N–C) groups is 1. The number of carbonyl (C=O) groups excluding carboxylic acids is 1. The van der Waals surface area contributed by atoms with Gasteiger partial charge in [-0.1, -0.05) is 119 Å². The maximum absolute atomic E-state index is 13.7. The molecule has 166 valence electrons. The molecule has 0 radical (unpaired) electrons. The molecule has 0 saturated carbocycles. The minimum atomic E-state index is -1.11. The second-order valence-electron chi connectivity index (χ2n) is 9.13. The van der Waals surface area contributed by atoms with Crippen molar-refractivity contribution in [1.82, 2.24) is 0 Å². The van der Waals surface area contributed by atoms with Crippen molar-refractivity contribution in [3.8, 4) is 0 Å². The van der Waals surface area contributed by atoms with Gasteiger partial charge in [-0.05, 0) is 17.9 Å². The van der Waals surface area contributed by atoms with E-state index in [1.807, 2.05) is 78.9 Å². The molecule has 3 aromatic carbocycles. The number of hydrogen-bond donors (Lipinski definition) is 0. The molecule has 0 amide bonds. The second-order valence-corrected chi connectivity index (χ2v) is 9.13. The van der Waals surface area contributed by atoms with Crippen LogP contribution in [0.15, 0.2) is 96.0 Å². The van der Waals surface area contributed by atoms with Gasteiger partial charge in [0, 0.05) is 16.5 Å².